The number of aliphatic imine (C=N–C) groups is 2. The van der Waals surface area contributed by atoms with E-state index in [1.807, 2.05) is 140 Å². The third-order valence-corrected chi connectivity index (χ3v) is 8.74. The second-order valence-electron chi connectivity index (χ2n) is 12.3. The van der Waals surface area contributed by atoms with Crippen LogP contribution in [0, 0.1) is 24.3 Å². The van der Waals surface area contributed by atoms with Crippen LogP contribution >= 0.6 is 0 Å². The topological polar surface area (TPSA) is 50.5 Å². The van der Waals surface area contributed by atoms with Crippen molar-refractivity contribution in [1.82, 2.24) is 9.97 Å². The smallest absolute Gasteiger partial charge is 0.302 e. The zero-order chi connectivity index (χ0) is 36.4. The van der Waals surface area contributed by atoms with E-state index in [1.165, 1.54) is 0 Å². The van der Waals surface area contributed by atoms with E-state index in [9.17, 15) is 0 Å². The second kappa shape index (κ2) is 19.6. The minimum Gasteiger partial charge on any atom is -0.302 e. The SMILES string of the molecule is [Pt+2].[Pt+2].[c-]1ccccc1-c1cccc(C=Nc2ccccc2-c2[c-]cccc2)n1.[c-]1ccccc1C=Nc1cccc2ccc(-c3cccc4ccc[c-]c34)nc12. The fourth-order valence-corrected chi connectivity index (χ4v) is 6.12. The molecule has 0 spiro atoms. The van der Waals surface area contributed by atoms with Crippen LogP contribution in [-0.4, -0.2) is 22.4 Å². The summed E-state index contributed by atoms with van der Waals surface area (Å²) in [4.78, 5) is 19.0. The van der Waals surface area contributed by atoms with E-state index in [-0.39, 0.29) is 42.1 Å². The monoisotopic (exact) mass is 1080 g/mol. The predicted octanol–water partition coefficient (Wildman–Crippen LogP) is 12.2. The van der Waals surface area contributed by atoms with Crippen molar-refractivity contribution in [2.24, 2.45) is 9.98 Å². The summed E-state index contributed by atoms with van der Waals surface area (Å²) in [5, 5.41) is 3.31. The van der Waals surface area contributed by atoms with Crippen LogP contribution in [0.5, 0.6) is 0 Å². The molecule has 0 aliphatic heterocycles. The molecule has 0 aliphatic rings. The van der Waals surface area contributed by atoms with Gasteiger partial charge in [-0.1, -0.05) is 77.9 Å². The molecule has 0 aliphatic carbocycles. The van der Waals surface area contributed by atoms with Crippen molar-refractivity contribution in [2.45, 2.75) is 0 Å². The maximum absolute atomic E-state index is 4.96. The summed E-state index contributed by atoms with van der Waals surface area (Å²) in [6, 6.07) is 73.1. The summed E-state index contributed by atoms with van der Waals surface area (Å²) < 4.78 is 0. The fraction of sp³-hybridized carbons (Fsp3) is 0. The number of hydrogen-bond acceptors (Lipinski definition) is 4. The van der Waals surface area contributed by atoms with Crippen LogP contribution in [-0.2, 0) is 42.1 Å². The molecule has 2 heterocycles. The van der Waals surface area contributed by atoms with E-state index in [0.29, 0.717) is 0 Å². The number of pyridine rings is 2. The molecule has 9 rings (SSSR count). The van der Waals surface area contributed by atoms with Crippen LogP contribution in [0.25, 0.3) is 55.3 Å². The molecule has 0 fully saturated rings. The third-order valence-electron chi connectivity index (χ3n) is 8.74. The Balaban J connectivity index is 0.000000184. The van der Waals surface area contributed by atoms with Crippen molar-refractivity contribution < 1.29 is 42.1 Å². The molecular weight excluding hydrogens is 1050 g/mol. The quantitative estimate of drug-likeness (QED) is 0.118. The molecule has 0 bridgehead atoms. The summed E-state index contributed by atoms with van der Waals surface area (Å²) >= 11 is 0. The van der Waals surface area contributed by atoms with Crippen LogP contribution in [0.4, 0.5) is 11.4 Å². The predicted molar refractivity (Wildman–Crippen MR) is 223 cm³/mol. The maximum atomic E-state index is 4.96. The Kier molecular flexibility index (Phi) is 13.9. The fourth-order valence-electron chi connectivity index (χ4n) is 6.12. The van der Waals surface area contributed by atoms with E-state index < -0.39 is 0 Å². The molecule has 0 amide bonds. The van der Waals surface area contributed by atoms with Gasteiger partial charge >= 0.3 is 42.1 Å². The van der Waals surface area contributed by atoms with Gasteiger partial charge in [0.2, 0.25) is 0 Å². The average molecular weight is 1080 g/mol. The Morgan fingerprint density at radius 2 is 1.05 bits per heavy atom. The minimum atomic E-state index is 0. The molecule has 272 valence electrons. The maximum Gasteiger partial charge on any atom is 2.00 e. The van der Waals surface area contributed by atoms with Gasteiger partial charge in [0.15, 0.2) is 0 Å². The first kappa shape index (κ1) is 39.8. The van der Waals surface area contributed by atoms with Crippen molar-refractivity contribution in [3.8, 4) is 33.6 Å². The van der Waals surface area contributed by atoms with Gasteiger partial charge in [0, 0.05) is 16.8 Å². The van der Waals surface area contributed by atoms with Crippen LogP contribution < -0.4 is 0 Å². The average Bonchev–Trinajstić information content (AvgIpc) is 3.26. The molecule has 7 aromatic carbocycles. The van der Waals surface area contributed by atoms with Crippen molar-refractivity contribution in [3.63, 3.8) is 0 Å². The molecule has 56 heavy (non-hydrogen) atoms. The summed E-state index contributed by atoms with van der Waals surface area (Å²) in [5.41, 5.74) is 10.3. The molecule has 9 aromatic rings. The van der Waals surface area contributed by atoms with Crippen molar-refractivity contribution in [2.75, 3.05) is 0 Å². The van der Waals surface area contributed by atoms with Gasteiger partial charge in [0.25, 0.3) is 0 Å². The minimum absolute atomic E-state index is 0. The van der Waals surface area contributed by atoms with Gasteiger partial charge in [0.05, 0.1) is 23.1 Å². The normalized spacial score (nSPS) is 10.8. The van der Waals surface area contributed by atoms with Crippen LogP contribution in [0.1, 0.15) is 11.3 Å². The Bertz CT molecular complexity index is 2710. The van der Waals surface area contributed by atoms with E-state index in [1.54, 1.807) is 6.21 Å². The summed E-state index contributed by atoms with van der Waals surface area (Å²) in [6.45, 7) is 0. The number of aromatic nitrogens is 2. The molecule has 0 saturated carbocycles. The first-order chi connectivity index (χ1) is 26.8. The first-order valence-corrected chi connectivity index (χ1v) is 17.6. The Morgan fingerprint density at radius 3 is 1.86 bits per heavy atom. The molecular formula is C50H32N4Pt2. The van der Waals surface area contributed by atoms with Gasteiger partial charge in [-0.25, -0.2) is 0 Å². The van der Waals surface area contributed by atoms with Gasteiger partial charge in [0.1, 0.15) is 0 Å². The molecule has 0 atom stereocenters. The molecule has 4 nitrogen and oxygen atoms in total. The number of benzene rings is 7. The van der Waals surface area contributed by atoms with Crippen LogP contribution in [0.3, 0.4) is 0 Å². The number of nitrogens with zero attached hydrogens (tertiary/aromatic N) is 4. The summed E-state index contributed by atoms with van der Waals surface area (Å²) in [7, 11) is 0. The third kappa shape index (κ3) is 9.65. The van der Waals surface area contributed by atoms with E-state index in [0.717, 1.165) is 77.9 Å². The van der Waals surface area contributed by atoms with E-state index in [2.05, 4.69) is 87.8 Å². The van der Waals surface area contributed by atoms with Gasteiger partial charge in [-0.2, -0.15) is 0 Å². The molecule has 0 radical (unpaired) electrons. The van der Waals surface area contributed by atoms with Crippen LogP contribution in [0.2, 0.25) is 0 Å². The molecule has 6 heteroatoms. The Morgan fingerprint density at radius 1 is 0.411 bits per heavy atom. The molecule has 0 unspecified atom stereocenters. The Hall–Kier alpha value is -5.92. The number of rotatable bonds is 7. The number of hydrogen-bond donors (Lipinski definition) is 0. The summed E-state index contributed by atoms with van der Waals surface area (Å²) in [6.07, 6.45) is 3.63. The standard InChI is InChI=1S/C26H16N2.C24H16N2.2Pt/c1-2-8-19(9-3-1)18-27-25-15-7-12-21-16-17-24(28-26(21)25)23-14-6-11-20-10-4-5-13-22(20)23;1-3-10-19(11-4-1)22-15-7-8-16-24(22)25-18-21-14-9-17-23(26-21)20-12-5-2-6-13-20;;/h1-8,10-12,14-18H;1-10,12,14-18H;;/q2*-2;2*+2. The van der Waals surface area contributed by atoms with E-state index in [4.69, 9.17) is 4.98 Å². The zero-order valence-electron chi connectivity index (χ0n) is 29.9. The second-order valence-corrected chi connectivity index (χ2v) is 12.3. The van der Waals surface area contributed by atoms with Gasteiger partial charge < -0.3 is 4.99 Å². The molecule has 2 aromatic heterocycles. The van der Waals surface area contributed by atoms with E-state index >= 15 is 0 Å². The number of para-hydroxylation sites is 2. The zero-order valence-corrected chi connectivity index (χ0v) is 34.4. The van der Waals surface area contributed by atoms with Gasteiger partial charge in [-0.3, -0.25) is 15.0 Å². The first-order valence-electron chi connectivity index (χ1n) is 17.6. The van der Waals surface area contributed by atoms with Crippen molar-refractivity contribution in [1.29, 1.82) is 0 Å². The molecule has 0 saturated heterocycles. The Labute approximate surface area is 356 Å². The number of fused-ring (bicyclic) bond motifs is 2. The largest absolute Gasteiger partial charge is 2.00 e. The van der Waals surface area contributed by atoms with Crippen molar-refractivity contribution in [3.05, 3.63) is 218 Å². The van der Waals surface area contributed by atoms with Gasteiger partial charge in [-0.05, 0) is 36.2 Å². The van der Waals surface area contributed by atoms with Crippen LogP contribution in [0.15, 0.2) is 192 Å². The molecule has 0 N–H and O–H groups in total. The summed E-state index contributed by atoms with van der Waals surface area (Å²) in [5.74, 6) is 0. The van der Waals surface area contributed by atoms with Gasteiger partial charge in [-0.15, -0.1) is 143 Å². The van der Waals surface area contributed by atoms with Crippen molar-refractivity contribution >= 4 is 45.5 Å².